The van der Waals surface area contributed by atoms with E-state index in [4.69, 9.17) is 24.3 Å². The molecular weight excluding hydrogens is 769 g/mol. The summed E-state index contributed by atoms with van der Waals surface area (Å²) >= 11 is 0. The van der Waals surface area contributed by atoms with Crippen molar-refractivity contribution in [1.29, 1.82) is 0 Å². The van der Waals surface area contributed by atoms with Crippen molar-refractivity contribution in [2.45, 2.75) is 148 Å². The first-order valence-electron chi connectivity index (χ1n) is 21.6. The van der Waals surface area contributed by atoms with Crippen molar-refractivity contribution < 1.29 is 47.8 Å². The van der Waals surface area contributed by atoms with Crippen LogP contribution in [0.1, 0.15) is 129 Å². The quantitative estimate of drug-likeness (QED) is 0.0153. The zero-order valence-corrected chi connectivity index (χ0v) is 36.8. The van der Waals surface area contributed by atoms with Gasteiger partial charge < -0.3 is 30.3 Å². The summed E-state index contributed by atoms with van der Waals surface area (Å²) in [7, 11) is -4.46. The third-order valence-corrected chi connectivity index (χ3v) is 9.32. The van der Waals surface area contributed by atoms with E-state index in [1.54, 1.807) is 36.5 Å². The van der Waals surface area contributed by atoms with Gasteiger partial charge in [0.2, 0.25) is 0 Å². The van der Waals surface area contributed by atoms with Crippen LogP contribution in [0, 0.1) is 0 Å². The van der Waals surface area contributed by atoms with E-state index in [0.717, 1.165) is 44.9 Å². The lowest BCUT2D eigenvalue weighted by Crippen LogP contribution is -2.29. The molecule has 0 aromatic carbocycles. The number of ether oxygens (including phenoxy) is 2. The van der Waals surface area contributed by atoms with Gasteiger partial charge in [0.05, 0.1) is 25.4 Å². The van der Waals surface area contributed by atoms with Crippen LogP contribution in [0.25, 0.3) is 0 Å². The van der Waals surface area contributed by atoms with Gasteiger partial charge in [-0.25, -0.2) is 4.57 Å². The number of carbonyl (C=O) groups is 2. The van der Waals surface area contributed by atoms with Gasteiger partial charge in [-0.2, -0.15) is 0 Å². The van der Waals surface area contributed by atoms with Crippen LogP contribution in [0.5, 0.6) is 0 Å². The van der Waals surface area contributed by atoms with E-state index in [0.29, 0.717) is 25.7 Å². The lowest BCUT2D eigenvalue weighted by molar-refractivity contribution is -0.161. The molecule has 12 heteroatoms. The summed E-state index contributed by atoms with van der Waals surface area (Å²) in [6.45, 7) is 3.24. The van der Waals surface area contributed by atoms with Crippen LogP contribution in [0.2, 0.25) is 0 Å². The first-order valence-corrected chi connectivity index (χ1v) is 23.1. The van der Waals surface area contributed by atoms with Gasteiger partial charge in [-0.05, 0) is 77.0 Å². The third-order valence-electron chi connectivity index (χ3n) is 8.33. The maximum Gasteiger partial charge on any atom is 0.472 e. The number of aliphatic hydroxyl groups excluding tert-OH is 2. The van der Waals surface area contributed by atoms with Gasteiger partial charge in [-0.15, -0.1) is 0 Å². The fourth-order valence-electron chi connectivity index (χ4n) is 5.04. The van der Waals surface area contributed by atoms with Crippen molar-refractivity contribution in [3.05, 3.63) is 109 Å². The van der Waals surface area contributed by atoms with Crippen molar-refractivity contribution in [2.24, 2.45) is 5.73 Å². The molecule has 59 heavy (non-hydrogen) atoms. The zero-order chi connectivity index (χ0) is 43.5. The van der Waals surface area contributed by atoms with E-state index >= 15 is 0 Å². The molecular formula is C47H76NO10P. The maximum atomic E-state index is 12.6. The summed E-state index contributed by atoms with van der Waals surface area (Å²) in [4.78, 5) is 34.8. The molecule has 0 radical (unpaired) electrons. The molecule has 0 rings (SSSR count). The SMILES string of the molecule is CCCCC/C=C\C/C=C\C/C=C\C/C=C\C/C=C\CCC(=O)O[C@H](COC(=O)CCC[C@H](O)\C=C/C=C/C=C/[C@H](O)C/C=C\CCCCC)COP(=O)(O)OCCN. The summed E-state index contributed by atoms with van der Waals surface area (Å²) in [5.74, 6) is -1.18. The molecule has 0 aliphatic heterocycles. The van der Waals surface area contributed by atoms with Gasteiger partial charge in [0.1, 0.15) is 6.61 Å². The van der Waals surface area contributed by atoms with Crippen LogP contribution in [0.4, 0.5) is 0 Å². The molecule has 4 atom stereocenters. The predicted octanol–water partition coefficient (Wildman–Crippen LogP) is 10.3. The number of phosphoric acid groups is 1. The molecule has 11 nitrogen and oxygen atoms in total. The molecule has 0 fully saturated rings. The number of esters is 2. The smallest absolute Gasteiger partial charge is 0.462 e. The summed E-state index contributed by atoms with van der Waals surface area (Å²) in [5.41, 5.74) is 5.32. The van der Waals surface area contributed by atoms with E-state index < -0.39 is 51.3 Å². The van der Waals surface area contributed by atoms with Gasteiger partial charge in [-0.1, -0.05) is 149 Å². The summed E-state index contributed by atoms with van der Waals surface area (Å²) < 4.78 is 32.5. The Morgan fingerprint density at radius 1 is 0.610 bits per heavy atom. The number of hydrogen-bond donors (Lipinski definition) is 4. The molecule has 1 unspecified atom stereocenters. The lowest BCUT2D eigenvalue weighted by atomic mass is 10.1. The molecule has 0 amide bonds. The van der Waals surface area contributed by atoms with Crippen molar-refractivity contribution >= 4 is 19.8 Å². The number of hydrogen-bond acceptors (Lipinski definition) is 10. The van der Waals surface area contributed by atoms with Crippen molar-refractivity contribution in [1.82, 2.24) is 0 Å². The fourth-order valence-corrected chi connectivity index (χ4v) is 5.81. The standard InChI is InChI=1S/C47H76NO10P/c1-3-5-7-9-11-12-13-14-15-16-17-18-19-20-21-22-23-25-31-37-47(52)58-45(42-57-59(53,54)56-40-39-48)41-55-46(51)38-32-36-44(50)35-30-27-26-29-34-43(49)33-28-24-10-8-6-4-2/h11-12,14-15,17-18,20-21,23-30,34-35,43-45,49-50H,3-10,13,16,19,22,31-33,36-42,48H2,1-2H3,(H,53,54)/b12-11-,15-14-,18-17-,21-20-,25-23-,27-26+,28-24-,34-29+,35-30-/t43-,44-,45-/m1/s1. The predicted molar refractivity (Wildman–Crippen MR) is 240 cm³/mol. The molecule has 0 aromatic rings. The molecule has 0 aliphatic rings. The van der Waals surface area contributed by atoms with Crippen molar-refractivity contribution in [3.8, 4) is 0 Å². The lowest BCUT2D eigenvalue weighted by Gasteiger charge is -2.19. The van der Waals surface area contributed by atoms with E-state index in [1.165, 1.54) is 32.1 Å². The molecule has 5 N–H and O–H groups in total. The maximum absolute atomic E-state index is 12.6. The Morgan fingerprint density at radius 2 is 1.14 bits per heavy atom. The second-order valence-corrected chi connectivity index (χ2v) is 15.4. The average Bonchev–Trinajstić information content (AvgIpc) is 3.21. The number of phosphoric ester groups is 1. The Bertz CT molecular complexity index is 1360. The highest BCUT2D eigenvalue weighted by Crippen LogP contribution is 2.43. The van der Waals surface area contributed by atoms with Crippen LogP contribution >= 0.6 is 7.82 Å². The van der Waals surface area contributed by atoms with Crippen LogP contribution in [0.3, 0.4) is 0 Å². The van der Waals surface area contributed by atoms with E-state index in [1.807, 2.05) is 18.2 Å². The third kappa shape index (κ3) is 41.1. The van der Waals surface area contributed by atoms with Crippen LogP contribution in [-0.4, -0.2) is 71.7 Å². The van der Waals surface area contributed by atoms with Crippen LogP contribution < -0.4 is 5.73 Å². The number of rotatable bonds is 38. The molecule has 0 bridgehead atoms. The molecule has 0 aliphatic carbocycles. The second-order valence-electron chi connectivity index (χ2n) is 13.9. The molecule has 0 heterocycles. The average molecular weight is 846 g/mol. The van der Waals surface area contributed by atoms with Crippen LogP contribution in [0.15, 0.2) is 109 Å². The molecule has 0 saturated heterocycles. The minimum absolute atomic E-state index is 0.000976. The number of nitrogens with two attached hydrogens (primary N) is 1. The fraction of sp³-hybridized carbons (Fsp3) is 0.574. The molecule has 0 saturated carbocycles. The van der Waals surface area contributed by atoms with E-state index in [2.05, 4.69) is 68.5 Å². The van der Waals surface area contributed by atoms with Gasteiger partial charge in [0.15, 0.2) is 6.10 Å². The van der Waals surface area contributed by atoms with Gasteiger partial charge in [-0.3, -0.25) is 18.6 Å². The number of carbonyl (C=O) groups excluding carboxylic acids is 2. The van der Waals surface area contributed by atoms with Gasteiger partial charge in [0.25, 0.3) is 0 Å². The monoisotopic (exact) mass is 846 g/mol. The summed E-state index contributed by atoms with van der Waals surface area (Å²) in [5, 5.41) is 20.3. The summed E-state index contributed by atoms with van der Waals surface area (Å²) in [6, 6.07) is 0. The molecule has 334 valence electrons. The Hall–Kier alpha value is -3.41. The number of unbranched alkanes of at least 4 members (excludes halogenated alkanes) is 6. The van der Waals surface area contributed by atoms with E-state index in [9.17, 15) is 29.3 Å². The Morgan fingerprint density at radius 3 is 1.69 bits per heavy atom. The summed E-state index contributed by atoms with van der Waals surface area (Å²) in [6.07, 6.45) is 47.6. The first-order chi connectivity index (χ1) is 28.6. The Kier molecular flexibility index (Phi) is 38.9. The minimum atomic E-state index is -4.46. The highest BCUT2D eigenvalue weighted by Gasteiger charge is 2.26. The normalized spacial score (nSPS) is 15.4. The Balaban J connectivity index is 4.56. The van der Waals surface area contributed by atoms with Crippen molar-refractivity contribution in [3.63, 3.8) is 0 Å². The molecule has 0 spiro atoms. The largest absolute Gasteiger partial charge is 0.472 e. The number of aliphatic hydroxyl groups is 2. The first kappa shape index (κ1) is 55.6. The van der Waals surface area contributed by atoms with Gasteiger partial charge in [0, 0.05) is 19.4 Å². The zero-order valence-electron chi connectivity index (χ0n) is 35.9. The van der Waals surface area contributed by atoms with Crippen molar-refractivity contribution in [2.75, 3.05) is 26.4 Å². The topological polar surface area (TPSA) is 175 Å². The van der Waals surface area contributed by atoms with Crippen LogP contribution in [-0.2, 0) is 32.7 Å². The molecule has 0 aromatic heterocycles. The Labute approximate surface area is 355 Å². The minimum Gasteiger partial charge on any atom is -0.462 e. The highest BCUT2D eigenvalue weighted by atomic mass is 31.2. The van der Waals surface area contributed by atoms with Gasteiger partial charge >= 0.3 is 19.8 Å². The number of allylic oxidation sites excluding steroid dienone is 15. The van der Waals surface area contributed by atoms with E-state index in [-0.39, 0.29) is 26.0 Å². The second kappa shape index (κ2) is 41.3. The highest BCUT2D eigenvalue weighted by molar-refractivity contribution is 7.47.